The first-order chi connectivity index (χ1) is 16.8. The summed E-state index contributed by atoms with van der Waals surface area (Å²) in [6.07, 6.45) is 0.368. The Hall–Kier alpha value is -3.03. The average Bonchev–Trinajstić information content (AvgIpc) is 2.88. The van der Waals surface area contributed by atoms with Gasteiger partial charge in [0.05, 0.1) is 12.2 Å². The lowest BCUT2D eigenvalue weighted by molar-refractivity contribution is -0.137. The molecular weight excluding hydrogens is 457 g/mol. The molecule has 0 spiro atoms. The van der Waals surface area contributed by atoms with E-state index in [-0.39, 0.29) is 30.4 Å². The summed E-state index contributed by atoms with van der Waals surface area (Å²) in [6.45, 7) is 2.60. The Morgan fingerprint density at radius 2 is 1.51 bits per heavy atom. The van der Waals surface area contributed by atoms with Crippen LogP contribution in [0.25, 0.3) is 0 Å². The van der Waals surface area contributed by atoms with E-state index in [0.29, 0.717) is 25.3 Å². The second-order valence-electron chi connectivity index (χ2n) is 9.63. The SMILES string of the molecule is O=C(CC1(COc2ccccc2)CCCN(C(=O)c2ccc(C(F)(F)F)cc2)C1)N1CCCCC1. The Bertz CT molecular complexity index is 1000. The lowest BCUT2D eigenvalue weighted by Crippen LogP contribution is -2.51. The molecule has 2 saturated heterocycles. The monoisotopic (exact) mass is 488 g/mol. The molecule has 2 aliphatic heterocycles. The summed E-state index contributed by atoms with van der Waals surface area (Å²) in [5.74, 6) is 0.446. The van der Waals surface area contributed by atoms with Crippen molar-refractivity contribution < 1.29 is 27.5 Å². The molecule has 2 amide bonds. The van der Waals surface area contributed by atoms with Crippen molar-refractivity contribution in [1.82, 2.24) is 9.80 Å². The number of likely N-dealkylation sites (tertiary alicyclic amines) is 2. The summed E-state index contributed by atoms with van der Waals surface area (Å²) in [7, 11) is 0. The molecule has 188 valence electrons. The molecule has 2 aromatic rings. The van der Waals surface area contributed by atoms with Crippen LogP contribution >= 0.6 is 0 Å². The molecule has 0 bridgehead atoms. The van der Waals surface area contributed by atoms with Crippen molar-refractivity contribution in [3.05, 3.63) is 65.7 Å². The van der Waals surface area contributed by atoms with Crippen LogP contribution in [0.4, 0.5) is 13.2 Å². The van der Waals surface area contributed by atoms with Gasteiger partial charge in [0, 0.05) is 43.6 Å². The summed E-state index contributed by atoms with van der Waals surface area (Å²) < 4.78 is 44.9. The lowest BCUT2D eigenvalue weighted by atomic mass is 9.77. The van der Waals surface area contributed by atoms with Crippen LogP contribution in [0.5, 0.6) is 5.75 Å². The number of nitrogens with zero attached hydrogens (tertiary/aromatic N) is 2. The van der Waals surface area contributed by atoms with E-state index in [1.165, 1.54) is 12.1 Å². The molecule has 1 atom stereocenters. The summed E-state index contributed by atoms with van der Waals surface area (Å²) in [5, 5.41) is 0. The number of benzene rings is 2. The van der Waals surface area contributed by atoms with Crippen LogP contribution in [0.15, 0.2) is 54.6 Å². The molecule has 2 aliphatic rings. The molecule has 0 aromatic heterocycles. The number of para-hydroxylation sites is 1. The quantitative estimate of drug-likeness (QED) is 0.547. The number of amides is 2. The molecule has 2 fully saturated rings. The van der Waals surface area contributed by atoms with Crippen molar-refractivity contribution in [2.75, 3.05) is 32.8 Å². The molecule has 4 rings (SSSR count). The molecule has 8 heteroatoms. The van der Waals surface area contributed by atoms with Gasteiger partial charge in [-0.1, -0.05) is 18.2 Å². The van der Waals surface area contributed by atoms with Crippen LogP contribution in [-0.4, -0.2) is 54.4 Å². The fourth-order valence-electron chi connectivity index (χ4n) is 5.01. The van der Waals surface area contributed by atoms with Gasteiger partial charge in [-0.25, -0.2) is 0 Å². The Labute approximate surface area is 203 Å². The maximum Gasteiger partial charge on any atom is 0.416 e. The smallest absolute Gasteiger partial charge is 0.416 e. The molecule has 0 radical (unpaired) electrons. The van der Waals surface area contributed by atoms with Crippen molar-refractivity contribution in [2.45, 2.75) is 44.7 Å². The van der Waals surface area contributed by atoms with Gasteiger partial charge in [-0.05, 0) is 68.5 Å². The van der Waals surface area contributed by atoms with Gasteiger partial charge >= 0.3 is 6.18 Å². The number of halogens is 3. The number of ether oxygens (including phenoxy) is 1. The zero-order valence-electron chi connectivity index (χ0n) is 19.7. The minimum atomic E-state index is -4.45. The third-order valence-electron chi connectivity index (χ3n) is 6.93. The largest absolute Gasteiger partial charge is 0.493 e. The highest BCUT2D eigenvalue weighted by molar-refractivity contribution is 5.94. The predicted octanol–water partition coefficient (Wildman–Crippen LogP) is 5.41. The molecule has 2 heterocycles. The Morgan fingerprint density at radius 1 is 0.857 bits per heavy atom. The van der Waals surface area contributed by atoms with Crippen molar-refractivity contribution in [3.63, 3.8) is 0 Å². The number of carbonyl (C=O) groups is 2. The van der Waals surface area contributed by atoms with E-state index in [1.807, 2.05) is 35.2 Å². The summed E-state index contributed by atoms with van der Waals surface area (Å²) in [5.41, 5.74) is -1.14. The van der Waals surface area contributed by atoms with Crippen LogP contribution in [-0.2, 0) is 11.0 Å². The average molecular weight is 489 g/mol. The van der Waals surface area contributed by atoms with Crippen molar-refractivity contribution in [3.8, 4) is 5.75 Å². The van der Waals surface area contributed by atoms with E-state index in [4.69, 9.17) is 4.74 Å². The van der Waals surface area contributed by atoms with E-state index >= 15 is 0 Å². The van der Waals surface area contributed by atoms with Crippen molar-refractivity contribution in [1.29, 1.82) is 0 Å². The van der Waals surface area contributed by atoms with Gasteiger partial charge in [-0.2, -0.15) is 13.2 Å². The van der Waals surface area contributed by atoms with Gasteiger partial charge in [-0.15, -0.1) is 0 Å². The van der Waals surface area contributed by atoms with E-state index in [2.05, 4.69) is 0 Å². The lowest BCUT2D eigenvalue weighted by Gasteiger charge is -2.43. The second-order valence-corrected chi connectivity index (χ2v) is 9.63. The Morgan fingerprint density at radius 3 is 2.17 bits per heavy atom. The number of hydrogen-bond donors (Lipinski definition) is 0. The second kappa shape index (κ2) is 10.7. The van der Waals surface area contributed by atoms with E-state index in [1.54, 1.807) is 4.90 Å². The predicted molar refractivity (Wildman–Crippen MR) is 126 cm³/mol. The third kappa shape index (κ3) is 6.35. The molecule has 0 saturated carbocycles. The standard InChI is InChI=1S/C27H31F3N2O3/c28-27(29,30)22-12-10-21(11-13-22)25(34)32-17-7-14-26(19-32,20-35-23-8-3-1-4-9-23)18-24(33)31-15-5-2-6-16-31/h1,3-4,8-13H,2,5-7,14-20H2. The number of alkyl halides is 3. The van der Waals surface area contributed by atoms with Gasteiger partial charge in [-0.3, -0.25) is 9.59 Å². The molecule has 35 heavy (non-hydrogen) atoms. The number of hydrogen-bond acceptors (Lipinski definition) is 3. The summed E-state index contributed by atoms with van der Waals surface area (Å²) in [4.78, 5) is 30.0. The zero-order valence-corrected chi connectivity index (χ0v) is 19.7. The molecular formula is C27H31F3N2O3. The van der Waals surface area contributed by atoms with Gasteiger partial charge < -0.3 is 14.5 Å². The Balaban J connectivity index is 1.51. The van der Waals surface area contributed by atoms with Crippen LogP contribution in [0.2, 0.25) is 0 Å². The van der Waals surface area contributed by atoms with Gasteiger partial charge in [0.2, 0.25) is 5.91 Å². The molecule has 0 N–H and O–H groups in total. The van der Waals surface area contributed by atoms with Crippen LogP contribution in [0, 0.1) is 5.41 Å². The third-order valence-corrected chi connectivity index (χ3v) is 6.93. The maximum absolute atomic E-state index is 13.2. The van der Waals surface area contributed by atoms with Crippen LogP contribution < -0.4 is 4.74 Å². The van der Waals surface area contributed by atoms with E-state index < -0.39 is 17.2 Å². The summed E-state index contributed by atoms with van der Waals surface area (Å²) in [6, 6.07) is 13.7. The molecule has 1 unspecified atom stereocenters. The molecule has 2 aromatic carbocycles. The fraction of sp³-hybridized carbons (Fsp3) is 0.481. The number of piperidine rings is 2. The fourth-order valence-corrected chi connectivity index (χ4v) is 5.01. The van der Waals surface area contributed by atoms with Gasteiger partial charge in [0.1, 0.15) is 5.75 Å². The van der Waals surface area contributed by atoms with Gasteiger partial charge in [0.25, 0.3) is 5.91 Å². The van der Waals surface area contributed by atoms with Crippen molar-refractivity contribution in [2.24, 2.45) is 5.41 Å². The minimum Gasteiger partial charge on any atom is -0.493 e. The molecule has 0 aliphatic carbocycles. The summed E-state index contributed by atoms with van der Waals surface area (Å²) >= 11 is 0. The van der Waals surface area contributed by atoms with Crippen molar-refractivity contribution >= 4 is 11.8 Å². The first-order valence-electron chi connectivity index (χ1n) is 12.2. The highest BCUT2D eigenvalue weighted by Crippen LogP contribution is 2.36. The van der Waals surface area contributed by atoms with E-state index in [0.717, 1.165) is 50.9 Å². The topological polar surface area (TPSA) is 49.9 Å². The zero-order chi connectivity index (χ0) is 24.9. The Kier molecular flexibility index (Phi) is 7.67. The van der Waals surface area contributed by atoms with E-state index in [9.17, 15) is 22.8 Å². The molecule has 5 nitrogen and oxygen atoms in total. The van der Waals surface area contributed by atoms with Crippen LogP contribution in [0.1, 0.15) is 54.4 Å². The van der Waals surface area contributed by atoms with Crippen LogP contribution in [0.3, 0.4) is 0 Å². The number of carbonyl (C=O) groups excluding carboxylic acids is 2. The first kappa shape index (κ1) is 25.1. The highest BCUT2D eigenvalue weighted by Gasteiger charge is 2.41. The highest BCUT2D eigenvalue weighted by atomic mass is 19.4. The minimum absolute atomic E-state index is 0.0743. The normalized spacial score (nSPS) is 21.0. The maximum atomic E-state index is 13.2. The van der Waals surface area contributed by atoms with Gasteiger partial charge in [0.15, 0.2) is 0 Å². The first-order valence-corrected chi connectivity index (χ1v) is 12.2. The number of rotatable bonds is 6.